The predicted octanol–water partition coefficient (Wildman–Crippen LogP) is 1.23. The summed E-state index contributed by atoms with van der Waals surface area (Å²) in [5.74, 6) is -1.04. The number of hydrogen-bond acceptors (Lipinski definition) is 4. The van der Waals surface area contributed by atoms with Crippen molar-refractivity contribution in [3.05, 3.63) is 0 Å². The van der Waals surface area contributed by atoms with E-state index in [2.05, 4.69) is 10.6 Å². The highest BCUT2D eigenvalue weighted by molar-refractivity contribution is 5.83. The standard InChI is InChI=1S/C14H28N2O5/c1-14(2,3)11(12(17)18)16-13(19)15-7-5-6-8-21-10-9-20-4/h11H,5-10H2,1-4H3,(H,17,18)(H2,15,16,19)/t11-/m1/s1. The Morgan fingerprint density at radius 1 is 1.14 bits per heavy atom. The molecule has 0 aromatic heterocycles. The fourth-order valence-electron chi connectivity index (χ4n) is 1.61. The number of carboxylic acids is 1. The molecule has 0 aromatic rings. The highest BCUT2D eigenvalue weighted by Gasteiger charge is 2.32. The van der Waals surface area contributed by atoms with Crippen molar-refractivity contribution in [1.82, 2.24) is 10.6 Å². The first kappa shape index (κ1) is 19.7. The minimum Gasteiger partial charge on any atom is -0.480 e. The van der Waals surface area contributed by atoms with Gasteiger partial charge >= 0.3 is 12.0 Å². The summed E-state index contributed by atoms with van der Waals surface area (Å²) in [6, 6.07) is -1.38. The lowest BCUT2D eigenvalue weighted by atomic mass is 9.87. The second-order valence-electron chi connectivity index (χ2n) is 5.85. The minimum absolute atomic E-state index is 0.461. The van der Waals surface area contributed by atoms with E-state index in [1.807, 2.05) is 0 Å². The summed E-state index contributed by atoms with van der Waals surface area (Å²) in [6.45, 7) is 7.54. The second kappa shape index (κ2) is 10.4. The van der Waals surface area contributed by atoms with E-state index < -0.39 is 23.5 Å². The number of nitrogens with one attached hydrogen (secondary N) is 2. The molecule has 3 N–H and O–H groups in total. The molecule has 0 unspecified atom stereocenters. The summed E-state index contributed by atoms with van der Waals surface area (Å²) in [7, 11) is 1.62. The van der Waals surface area contributed by atoms with Crippen molar-refractivity contribution in [2.45, 2.75) is 39.7 Å². The van der Waals surface area contributed by atoms with Crippen LogP contribution in [0, 0.1) is 5.41 Å². The monoisotopic (exact) mass is 304 g/mol. The van der Waals surface area contributed by atoms with Crippen molar-refractivity contribution in [2.75, 3.05) is 33.5 Å². The van der Waals surface area contributed by atoms with E-state index in [-0.39, 0.29) is 0 Å². The molecular formula is C14H28N2O5. The van der Waals surface area contributed by atoms with Crippen LogP contribution < -0.4 is 10.6 Å². The van der Waals surface area contributed by atoms with Crippen molar-refractivity contribution in [1.29, 1.82) is 0 Å². The van der Waals surface area contributed by atoms with Gasteiger partial charge in [-0.3, -0.25) is 0 Å². The first-order valence-corrected chi connectivity index (χ1v) is 7.13. The van der Waals surface area contributed by atoms with Crippen LogP contribution in [-0.2, 0) is 14.3 Å². The number of carbonyl (C=O) groups is 2. The van der Waals surface area contributed by atoms with Gasteiger partial charge in [0.1, 0.15) is 6.04 Å². The summed E-state index contributed by atoms with van der Waals surface area (Å²) < 4.78 is 10.1. The smallest absolute Gasteiger partial charge is 0.326 e. The van der Waals surface area contributed by atoms with E-state index in [9.17, 15) is 9.59 Å². The Labute approximate surface area is 126 Å². The topological polar surface area (TPSA) is 96.9 Å². The van der Waals surface area contributed by atoms with Crippen LogP contribution in [0.4, 0.5) is 4.79 Å². The summed E-state index contributed by atoms with van der Waals surface area (Å²) in [5.41, 5.74) is -0.543. The average Bonchev–Trinajstić information content (AvgIpc) is 2.37. The minimum atomic E-state index is -1.04. The van der Waals surface area contributed by atoms with Gasteiger partial charge in [-0.1, -0.05) is 20.8 Å². The summed E-state index contributed by atoms with van der Waals surface area (Å²) >= 11 is 0. The molecule has 0 saturated carbocycles. The molecule has 0 aliphatic heterocycles. The van der Waals surface area contributed by atoms with Gasteiger partial charge in [0.25, 0.3) is 0 Å². The normalized spacial score (nSPS) is 12.8. The van der Waals surface area contributed by atoms with E-state index in [1.165, 1.54) is 0 Å². The molecule has 7 nitrogen and oxygen atoms in total. The van der Waals surface area contributed by atoms with Crippen molar-refractivity contribution in [3.63, 3.8) is 0 Å². The molecule has 0 spiro atoms. The number of urea groups is 1. The molecule has 0 radical (unpaired) electrons. The third kappa shape index (κ3) is 10.1. The van der Waals surface area contributed by atoms with Gasteiger partial charge in [-0.05, 0) is 18.3 Å². The number of hydrogen-bond donors (Lipinski definition) is 3. The molecule has 0 aliphatic carbocycles. The molecule has 2 amide bonds. The number of aliphatic carboxylic acids is 1. The van der Waals surface area contributed by atoms with Crippen molar-refractivity contribution < 1.29 is 24.2 Å². The van der Waals surface area contributed by atoms with Crippen LogP contribution in [0.5, 0.6) is 0 Å². The Morgan fingerprint density at radius 3 is 2.33 bits per heavy atom. The highest BCUT2D eigenvalue weighted by atomic mass is 16.5. The molecule has 1 atom stereocenters. The molecule has 0 rings (SSSR count). The number of carbonyl (C=O) groups excluding carboxylic acids is 1. The van der Waals surface area contributed by atoms with Crippen LogP contribution in [0.3, 0.4) is 0 Å². The van der Waals surface area contributed by atoms with Gasteiger partial charge in [0.15, 0.2) is 0 Å². The quantitative estimate of drug-likeness (QED) is 0.527. The number of ether oxygens (including phenoxy) is 2. The average molecular weight is 304 g/mol. The lowest BCUT2D eigenvalue weighted by Crippen LogP contribution is -2.52. The molecule has 0 fully saturated rings. The maximum absolute atomic E-state index is 11.6. The van der Waals surface area contributed by atoms with E-state index in [4.69, 9.17) is 14.6 Å². The van der Waals surface area contributed by atoms with Crippen LogP contribution in [0.2, 0.25) is 0 Å². The van der Waals surface area contributed by atoms with E-state index in [1.54, 1.807) is 27.9 Å². The molecule has 0 aliphatic rings. The van der Waals surface area contributed by atoms with Gasteiger partial charge in [-0.15, -0.1) is 0 Å². The highest BCUT2D eigenvalue weighted by Crippen LogP contribution is 2.19. The van der Waals surface area contributed by atoms with Gasteiger partial charge in [0.05, 0.1) is 13.2 Å². The Kier molecular flexibility index (Phi) is 9.73. The first-order chi connectivity index (χ1) is 9.79. The predicted molar refractivity (Wildman–Crippen MR) is 79.3 cm³/mol. The fourth-order valence-corrected chi connectivity index (χ4v) is 1.61. The Balaban J connectivity index is 3.77. The van der Waals surface area contributed by atoms with Gasteiger partial charge in [-0.25, -0.2) is 9.59 Å². The molecule has 0 saturated heterocycles. The number of amides is 2. The lowest BCUT2D eigenvalue weighted by molar-refractivity contribution is -0.141. The summed E-state index contributed by atoms with van der Waals surface area (Å²) in [5, 5.41) is 14.2. The second-order valence-corrected chi connectivity index (χ2v) is 5.85. The fraction of sp³-hybridized carbons (Fsp3) is 0.857. The zero-order valence-electron chi connectivity index (χ0n) is 13.4. The zero-order valence-corrected chi connectivity index (χ0v) is 13.4. The number of rotatable bonds is 10. The van der Waals surface area contributed by atoms with E-state index >= 15 is 0 Å². The van der Waals surface area contributed by atoms with Crippen molar-refractivity contribution in [2.24, 2.45) is 5.41 Å². The van der Waals surface area contributed by atoms with Crippen molar-refractivity contribution in [3.8, 4) is 0 Å². The van der Waals surface area contributed by atoms with E-state index in [0.29, 0.717) is 26.4 Å². The van der Waals surface area contributed by atoms with Gasteiger partial charge in [0.2, 0.25) is 0 Å². The SMILES string of the molecule is COCCOCCCCNC(=O)N[C@H](C(=O)O)C(C)(C)C. The first-order valence-electron chi connectivity index (χ1n) is 7.13. The molecule has 124 valence electrons. The molecular weight excluding hydrogens is 276 g/mol. The van der Waals surface area contributed by atoms with Crippen LogP contribution in [0.25, 0.3) is 0 Å². The molecule has 0 heterocycles. The maximum atomic E-state index is 11.6. The Morgan fingerprint density at radius 2 is 1.81 bits per heavy atom. The summed E-state index contributed by atoms with van der Waals surface area (Å²) in [6.07, 6.45) is 1.60. The van der Waals surface area contributed by atoms with Crippen LogP contribution >= 0.6 is 0 Å². The van der Waals surface area contributed by atoms with Crippen LogP contribution in [0.1, 0.15) is 33.6 Å². The third-order valence-electron chi connectivity index (χ3n) is 2.82. The van der Waals surface area contributed by atoms with Crippen LogP contribution in [0.15, 0.2) is 0 Å². The Hall–Kier alpha value is -1.34. The number of methoxy groups -OCH3 is 1. The molecule has 0 aromatic carbocycles. The van der Waals surface area contributed by atoms with Crippen molar-refractivity contribution >= 4 is 12.0 Å². The van der Waals surface area contributed by atoms with E-state index in [0.717, 1.165) is 12.8 Å². The lowest BCUT2D eigenvalue weighted by Gasteiger charge is -2.27. The summed E-state index contributed by atoms with van der Waals surface area (Å²) in [4.78, 5) is 22.8. The third-order valence-corrected chi connectivity index (χ3v) is 2.82. The molecule has 7 heteroatoms. The Bertz CT molecular complexity index is 315. The van der Waals surface area contributed by atoms with Gasteiger partial charge in [0, 0.05) is 20.3 Å². The largest absolute Gasteiger partial charge is 0.480 e. The maximum Gasteiger partial charge on any atom is 0.326 e. The van der Waals surface area contributed by atoms with Crippen LogP contribution in [-0.4, -0.2) is 56.6 Å². The number of unbranched alkanes of at least 4 members (excludes halogenated alkanes) is 1. The van der Waals surface area contributed by atoms with Gasteiger partial charge in [-0.2, -0.15) is 0 Å². The van der Waals surface area contributed by atoms with Gasteiger partial charge < -0.3 is 25.2 Å². The molecule has 0 bridgehead atoms. The zero-order chi connectivity index (χ0) is 16.3. The molecule has 21 heavy (non-hydrogen) atoms. The number of carboxylic acid groups (broad SMARTS) is 1.